The van der Waals surface area contributed by atoms with Crippen molar-refractivity contribution in [2.45, 2.75) is 31.6 Å². The Morgan fingerprint density at radius 3 is 2.35 bits per heavy atom. The minimum absolute atomic E-state index is 0.103. The molecule has 34 heavy (non-hydrogen) atoms. The number of nitrogens with one attached hydrogen (secondary N) is 1. The number of carbonyl (C=O) groups excluding carboxylic acids is 1. The Kier molecular flexibility index (Phi) is 8.07. The van der Waals surface area contributed by atoms with E-state index >= 15 is 0 Å². The van der Waals surface area contributed by atoms with Gasteiger partial charge < -0.3 is 4.74 Å². The van der Waals surface area contributed by atoms with Gasteiger partial charge in [0.2, 0.25) is 0 Å². The minimum atomic E-state index is -3.97. The lowest BCUT2D eigenvalue weighted by Gasteiger charge is -2.24. The Morgan fingerprint density at radius 1 is 1.06 bits per heavy atom. The molecule has 3 rings (SSSR count). The van der Waals surface area contributed by atoms with Crippen LogP contribution in [0.15, 0.2) is 82.8 Å². The van der Waals surface area contributed by atoms with Gasteiger partial charge in [-0.3, -0.25) is 9.10 Å². The van der Waals surface area contributed by atoms with Gasteiger partial charge in [0.05, 0.1) is 23.9 Å². The molecule has 0 bridgehead atoms. The quantitative estimate of drug-likeness (QED) is 0.362. The van der Waals surface area contributed by atoms with Crippen molar-refractivity contribution in [1.29, 1.82) is 0 Å². The summed E-state index contributed by atoms with van der Waals surface area (Å²) in [6.07, 6.45) is 1.48. The molecule has 0 aromatic heterocycles. The molecule has 0 spiro atoms. The van der Waals surface area contributed by atoms with Gasteiger partial charge in [-0.05, 0) is 59.9 Å². The number of nitrogens with zero attached hydrogens (tertiary/aromatic N) is 2. The lowest BCUT2D eigenvalue weighted by atomic mass is 10.0. The first-order chi connectivity index (χ1) is 16.2. The monoisotopic (exact) mass is 479 g/mol. The predicted octanol–water partition coefficient (Wildman–Crippen LogP) is 4.47. The lowest BCUT2D eigenvalue weighted by molar-refractivity contribution is -0.119. The number of hydrazone groups is 1. The van der Waals surface area contributed by atoms with E-state index in [1.54, 1.807) is 43.5 Å². The Balaban J connectivity index is 1.83. The number of rotatable bonds is 9. The van der Waals surface area contributed by atoms with E-state index < -0.39 is 22.5 Å². The van der Waals surface area contributed by atoms with Crippen LogP contribution >= 0.6 is 0 Å². The first kappa shape index (κ1) is 25.0. The number of methoxy groups -OCH3 is 1. The molecule has 0 saturated heterocycles. The van der Waals surface area contributed by atoms with Crippen LogP contribution in [0.3, 0.4) is 0 Å². The molecule has 0 saturated carbocycles. The average Bonchev–Trinajstić information content (AvgIpc) is 2.84. The molecule has 0 radical (unpaired) electrons. The van der Waals surface area contributed by atoms with Crippen molar-refractivity contribution in [2.75, 3.05) is 18.0 Å². The van der Waals surface area contributed by atoms with E-state index in [0.717, 1.165) is 21.0 Å². The molecule has 8 heteroatoms. The van der Waals surface area contributed by atoms with Gasteiger partial charge in [-0.1, -0.05) is 56.3 Å². The first-order valence-electron chi connectivity index (χ1n) is 10.9. The fourth-order valence-electron chi connectivity index (χ4n) is 3.32. The zero-order valence-electron chi connectivity index (χ0n) is 19.7. The third kappa shape index (κ3) is 6.02. The summed E-state index contributed by atoms with van der Waals surface area (Å²) in [6.45, 7) is 5.62. The molecule has 0 aliphatic heterocycles. The largest absolute Gasteiger partial charge is 0.496 e. The van der Waals surface area contributed by atoms with E-state index in [4.69, 9.17) is 4.74 Å². The topological polar surface area (TPSA) is 88.1 Å². The third-order valence-corrected chi connectivity index (χ3v) is 7.09. The Morgan fingerprint density at radius 2 is 1.74 bits per heavy atom. The van der Waals surface area contributed by atoms with Crippen molar-refractivity contribution in [1.82, 2.24) is 5.43 Å². The van der Waals surface area contributed by atoms with Gasteiger partial charge in [0.15, 0.2) is 0 Å². The van der Waals surface area contributed by atoms with E-state index in [1.165, 1.54) is 18.3 Å². The van der Waals surface area contributed by atoms with E-state index in [-0.39, 0.29) is 4.90 Å². The molecule has 0 aliphatic carbocycles. The fraction of sp³-hybridized carbons (Fsp3) is 0.231. The van der Waals surface area contributed by atoms with Crippen molar-refractivity contribution in [3.63, 3.8) is 0 Å². The number of aryl methyl sites for hydroxylation is 1. The number of hydrogen-bond donors (Lipinski definition) is 1. The van der Waals surface area contributed by atoms with E-state index in [0.29, 0.717) is 17.4 Å². The second-order valence-electron chi connectivity index (χ2n) is 8.09. The third-order valence-electron chi connectivity index (χ3n) is 5.30. The fourth-order valence-corrected chi connectivity index (χ4v) is 4.76. The molecule has 3 aromatic rings. The second-order valence-corrected chi connectivity index (χ2v) is 9.96. The Bertz CT molecular complexity index is 1250. The van der Waals surface area contributed by atoms with Crippen molar-refractivity contribution in [2.24, 2.45) is 5.10 Å². The van der Waals surface area contributed by atoms with Gasteiger partial charge in [0.1, 0.15) is 12.3 Å². The number of benzene rings is 3. The van der Waals surface area contributed by atoms with Crippen molar-refractivity contribution >= 4 is 27.8 Å². The first-order valence-corrected chi connectivity index (χ1v) is 12.3. The molecule has 3 aromatic carbocycles. The molecule has 1 N–H and O–H groups in total. The van der Waals surface area contributed by atoms with Gasteiger partial charge in [-0.2, -0.15) is 5.10 Å². The maximum Gasteiger partial charge on any atom is 0.264 e. The number of amides is 1. The van der Waals surface area contributed by atoms with Gasteiger partial charge in [0, 0.05) is 0 Å². The molecule has 0 aliphatic rings. The maximum atomic E-state index is 13.4. The number of sulfonamides is 1. The standard InChI is InChI=1S/C26H29N3O4S/c1-19(2)22-12-14-23(15-13-22)29(34(31,32)24-8-6-5-7-9-24)18-26(30)28-27-17-21-11-10-20(3)25(16-21)33-4/h5-17,19H,18H2,1-4H3,(H,28,30)/b27-17+. The minimum Gasteiger partial charge on any atom is -0.496 e. The summed E-state index contributed by atoms with van der Waals surface area (Å²) in [5.74, 6) is 0.439. The van der Waals surface area contributed by atoms with Crippen LogP contribution in [0.25, 0.3) is 0 Å². The van der Waals surface area contributed by atoms with Crippen LogP contribution in [0.4, 0.5) is 5.69 Å². The Hall–Kier alpha value is -3.65. The summed E-state index contributed by atoms with van der Waals surface area (Å²) in [4.78, 5) is 12.8. The molecule has 0 heterocycles. The van der Waals surface area contributed by atoms with Crippen LogP contribution in [0.5, 0.6) is 5.75 Å². The highest BCUT2D eigenvalue weighted by atomic mass is 32.2. The van der Waals surface area contributed by atoms with Crippen LogP contribution in [0.2, 0.25) is 0 Å². The lowest BCUT2D eigenvalue weighted by Crippen LogP contribution is -2.39. The number of ether oxygens (including phenoxy) is 1. The summed E-state index contributed by atoms with van der Waals surface area (Å²) < 4.78 is 33.1. The van der Waals surface area contributed by atoms with E-state index in [1.807, 2.05) is 31.2 Å². The molecule has 1 amide bonds. The zero-order valence-corrected chi connectivity index (χ0v) is 20.5. The van der Waals surface area contributed by atoms with Gasteiger partial charge in [-0.15, -0.1) is 0 Å². The number of carbonyl (C=O) groups is 1. The number of hydrogen-bond acceptors (Lipinski definition) is 5. The number of anilines is 1. The zero-order chi connectivity index (χ0) is 24.7. The summed E-state index contributed by atoms with van der Waals surface area (Å²) in [5.41, 5.74) is 5.61. The molecule has 0 atom stereocenters. The highest BCUT2D eigenvalue weighted by Crippen LogP contribution is 2.25. The predicted molar refractivity (Wildman–Crippen MR) is 135 cm³/mol. The van der Waals surface area contributed by atoms with E-state index in [2.05, 4.69) is 24.4 Å². The SMILES string of the molecule is COc1cc(/C=N/NC(=O)CN(c2ccc(C(C)C)cc2)S(=O)(=O)c2ccccc2)ccc1C. The van der Waals surface area contributed by atoms with Crippen LogP contribution in [0.1, 0.15) is 36.5 Å². The summed E-state index contributed by atoms with van der Waals surface area (Å²) in [7, 11) is -2.39. The summed E-state index contributed by atoms with van der Waals surface area (Å²) in [6, 6.07) is 20.7. The second kappa shape index (κ2) is 11.0. The smallest absolute Gasteiger partial charge is 0.264 e. The van der Waals surface area contributed by atoms with Gasteiger partial charge >= 0.3 is 0 Å². The van der Waals surface area contributed by atoms with Crippen LogP contribution in [-0.2, 0) is 14.8 Å². The van der Waals surface area contributed by atoms with Gasteiger partial charge in [0.25, 0.3) is 15.9 Å². The summed E-state index contributed by atoms with van der Waals surface area (Å²) >= 11 is 0. The van der Waals surface area contributed by atoms with Gasteiger partial charge in [-0.25, -0.2) is 13.8 Å². The normalized spacial score (nSPS) is 11.6. The molecular formula is C26H29N3O4S. The van der Waals surface area contributed by atoms with Crippen molar-refractivity contribution < 1.29 is 17.9 Å². The summed E-state index contributed by atoms with van der Waals surface area (Å²) in [5, 5.41) is 3.98. The van der Waals surface area contributed by atoms with E-state index in [9.17, 15) is 13.2 Å². The Labute approximate surface area is 201 Å². The highest BCUT2D eigenvalue weighted by molar-refractivity contribution is 7.92. The van der Waals surface area contributed by atoms with Crippen LogP contribution in [-0.4, -0.2) is 34.2 Å². The molecule has 0 fully saturated rings. The highest BCUT2D eigenvalue weighted by Gasteiger charge is 2.27. The molecular weight excluding hydrogens is 450 g/mol. The van der Waals surface area contributed by atoms with Crippen molar-refractivity contribution in [3.8, 4) is 5.75 Å². The molecule has 178 valence electrons. The maximum absolute atomic E-state index is 13.4. The molecule has 7 nitrogen and oxygen atoms in total. The average molecular weight is 480 g/mol. The van der Waals surface area contributed by atoms with Crippen LogP contribution < -0.4 is 14.5 Å². The van der Waals surface area contributed by atoms with Crippen LogP contribution in [0, 0.1) is 6.92 Å². The molecule has 0 unspecified atom stereocenters. The van der Waals surface area contributed by atoms with Crippen molar-refractivity contribution in [3.05, 3.63) is 89.5 Å².